The minimum Gasteiger partial charge on any atom is -0.345 e. The fourth-order valence-corrected chi connectivity index (χ4v) is 4.80. The molecule has 1 atom stereocenters. The van der Waals surface area contributed by atoms with E-state index < -0.39 is 33.6 Å². The van der Waals surface area contributed by atoms with Crippen LogP contribution in [0.3, 0.4) is 0 Å². The Labute approximate surface area is 198 Å². The first-order chi connectivity index (χ1) is 16.2. The second-order valence-corrected chi connectivity index (χ2v) is 9.42. The third-order valence-corrected chi connectivity index (χ3v) is 6.63. The number of aromatic nitrogens is 2. The number of para-hydroxylation sites is 1. The number of anilines is 1. The first-order valence-electron chi connectivity index (χ1n) is 9.93. The first-order valence-corrected chi connectivity index (χ1v) is 11.8. The summed E-state index contributed by atoms with van der Waals surface area (Å²) in [6.45, 7) is 1.52. The van der Waals surface area contributed by atoms with E-state index in [-0.39, 0.29) is 32.2 Å². The minimum absolute atomic E-state index is 0.0475. The van der Waals surface area contributed by atoms with Crippen molar-refractivity contribution in [2.45, 2.75) is 17.9 Å². The maximum absolute atomic E-state index is 14.1. The smallest absolute Gasteiger partial charge is 0.264 e. The van der Waals surface area contributed by atoms with Crippen LogP contribution < -0.4 is 10.0 Å². The summed E-state index contributed by atoms with van der Waals surface area (Å²) < 4.78 is 56.1. The lowest BCUT2D eigenvalue weighted by atomic mass is 10.1. The van der Waals surface area contributed by atoms with Crippen LogP contribution in [0.5, 0.6) is 0 Å². The molecule has 0 fully saturated rings. The number of fused-ring (bicyclic) bond motifs is 1. The summed E-state index contributed by atoms with van der Waals surface area (Å²) in [6.07, 6.45) is 2.81. The molecule has 0 bridgehead atoms. The van der Waals surface area contributed by atoms with Crippen molar-refractivity contribution >= 4 is 44.3 Å². The summed E-state index contributed by atoms with van der Waals surface area (Å²) in [5.74, 6) is -2.25. The molecule has 11 heteroatoms. The van der Waals surface area contributed by atoms with Crippen molar-refractivity contribution in [3.05, 3.63) is 94.8 Å². The second kappa shape index (κ2) is 9.32. The van der Waals surface area contributed by atoms with Gasteiger partial charge in [0.05, 0.1) is 22.8 Å². The third-order valence-electron chi connectivity index (χ3n) is 5.00. The van der Waals surface area contributed by atoms with Crippen molar-refractivity contribution in [3.8, 4) is 0 Å². The summed E-state index contributed by atoms with van der Waals surface area (Å²) in [4.78, 5) is 21.0. The van der Waals surface area contributed by atoms with Gasteiger partial charge in [0.1, 0.15) is 22.0 Å². The maximum Gasteiger partial charge on any atom is 0.264 e. The molecule has 0 aliphatic carbocycles. The maximum atomic E-state index is 14.1. The second-order valence-electron chi connectivity index (χ2n) is 7.34. The number of carbonyl (C=O) groups is 1. The molecule has 0 saturated heterocycles. The summed E-state index contributed by atoms with van der Waals surface area (Å²) >= 11 is 6.05. The van der Waals surface area contributed by atoms with E-state index in [2.05, 4.69) is 20.0 Å². The van der Waals surface area contributed by atoms with Gasteiger partial charge >= 0.3 is 0 Å². The molecular formula is C23H17ClF2N4O3S. The molecule has 1 aromatic heterocycles. The minimum atomic E-state index is -4.20. The van der Waals surface area contributed by atoms with Crippen LogP contribution in [0.4, 0.5) is 14.5 Å². The topological polar surface area (TPSA) is 101 Å². The van der Waals surface area contributed by atoms with Crippen LogP contribution in [-0.2, 0) is 10.0 Å². The lowest BCUT2D eigenvalue weighted by Gasteiger charge is -2.18. The molecule has 174 valence electrons. The summed E-state index contributed by atoms with van der Waals surface area (Å²) in [5.41, 5.74) is 0.474. The SMILES string of the molecule is C[C@@H](NC(=O)c1ccc(Cl)cc1NS(=O)(=O)c1cccc2nccnc12)c1ccc(F)cc1F. The van der Waals surface area contributed by atoms with Crippen LogP contribution >= 0.6 is 11.6 Å². The molecule has 34 heavy (non-hydrogen) atoms. The van der Waals surface area contributed by atoms with Crippen LogP contribution in [0.2, 0.25) is 5.02 Å². The number of nitrogens with zero attached hydrogens (tertiary/aromatic N) is 2. The van der Waals surface area contributed by atoms with Gasteiger partial charge in [0.15, 0.2) is 0 Å². The molecule has 4 rings (SSSR count). The molecule has 2 N–H and O–H groups in total. The summed E-state index contributed by atoms with van der Waals surface area (Å²) in [7, 11) is -4.20. The van der Waals surface area contributed by atoms with E-state index in [1.165, 1.54) is 55.7 Å². The number of carbonyl (C=O) groups excluding carboxylic acids is 1. The fourth-order valence-electron chi connectivity index (χ4n) is 3.39. The van der Waals surface area contributed by atoms with Crippen molar-refractivity contribution in [1.82, 2.24) is 15.3 Å². The molecule has 0 aliphatic rings. The molecular weight excluding hydrogens is 486 g/mol. The molecule has 0 unspecified atom stereocenters. The molecule has 0 aliphatic heterocycles. The lowest BCUT2D eigenvalue weighted by molar-refractivity contribution is 0.0940. The Morgan fingerprint density at radius 2 is 1.79 bits per heavy atom. The summed E-state index contributed by atoms with van der Waals surface area (Å²) in [6, 6.07) is 10.7. The van der Waals surface area contributed by atoms with E-state index >= 15 is 0 Å². The zero-order valence-electron chi connectivity index (χ0n) is 17.6. The Morgan fingerprint density at radius 1 is 1.03 bits per heavy atom. The average molecular weight is 503 g/mol. The van der Waals surface area contributed by atoms with Gasteiger partial charge in [-0.25, -0.2) is 17.2 Å². The van der Waals surface area contributed by atoms with E-state index in [1.807, 2.05) is 0 Å². The normalized spacial score (nSPS) is 12.4. The lowest BCUT2D eigenvalue weighted by Crippen LogP contribution is -2.28. The quantitative estimate of drug-likeness (QED) is 0.392. The Balaban J connectivity index is 1.66. The van der Waals surface area contributed by atoms with Gasteiger partial charge in [0.25, 0.3) is 15.9 Å². The van der Waals surface area contributed by atoms with Crippen LogP contribution in [0.25, 0.3) is 11.0 Å². The van der Waals surface area contributed by atoms with Crippen molar-refractivity contribution < 1.29 is 22.0 Å². The Kier molecular flexibility index (Phi) is 6.45. The standard InChI is InChI=1S/C23H17ClF2N4O3S/c1-13(16-8-6-15(25)12-18(16)26)29-23(31)17-7-5-14(24)11-20(17)30-34(32,33)21-4-2-3-19-22(21)28-10-9-27-19/h2-13,30H,1H3,(H,29,31)/t13-/m1/s1. The van der Waals surface area contributed by atoms with Gasteiger partial charge in [-0.05, 0) is 43.3 Å². The predicted octanol–water partition coefficient (Wildman–Crippen LogP) is 4.85. The number of benzene rings is 3. The van der Waals surface area contributed by atoms with E-state index in [0.29, 0.717) is 11.6 Å². The van der Waals surface area contributed by atoms with Gasteiger partial charge in [-0.15, -0.1) is 0 Å². The monoisotopic (exact) mass is 502 g/mol. The van der Waals surface area contributed by atoms with Crippen LogP contribution in [0.1, 0.15) is 28.9 Å². The van der Waals surface area contributed by atoms with Crippen molar-refractivity contribution in [1.29, 1.82) is 0 Å². The number of hydrogen-bond acceptors (Lipinski definition) is 5. The molecule has 1 heterocycles. The van der Waals surface area contributed by atoms with Crippen LogP contribution in [0, 0.1) is 11.6 Å². The van der Waals surface area contributed by atoms with Gasteiger partial charge in [0.2, 0.25) is 0 Å². The van der Waals surface area contributed by atoms with Gasteiger partial charge in [0, 0.05) is 29.0 Å². The zero-order valence-corrected chi connectivity index (χ0v) is 19.2. The fraction of sp³-hybridized carbons (Fsp3) is 0.0870. The van der Waals surface area contributed by atoms with Gasteiger partial charge in [-0.1, -0.05) is 23.7 Å². The van der Waals surface area contributed by atoms with Crippen LogP contribution in [-0.4, -0.2) is 24.3 Å². The number of sulfonamides is 1. The average Bonchev–Trinajstić information content (AvgIpc) is 2.78. The van der Waals surface area contributed by atoms with Crippen molar-refractivity contribution in [2.75, 3.05) is 4.72 Å². The number of halogens is 3. The molecule has 0 saturated carbocycles. The molecule has 3 aromatic carbocycles. The number of nitrogens with one attached hydrogen (secondary N) is 2. The molecule has 1 amide bonds. The largest absolute Gasteiger partial charge is 0.345 e. The van der Waals surface area contributed by atoms with Crippen molar-refractivity contribution in [3.63, 3.8) is 0 Å². The highest BCUT2D eigenvalue weighted by Crippen LogP contribution is 2.27. The van der Waals surface area contributed by atoms with E-state index in [0.717, 1.165) is 6.07 Å². The Bertz CT molecular complexity index is 1510. The highest BCUT2D eigenvalue weighted by molar-refractivity contribution is 7.93. The van der Waals surface area contributed by atoms with Gasteiger partial charge < -0.3 is 5.32 Å². The van der Waals surface area contributed by atoms with Gasteiger partial charge in [-0.3, -0.25) is 19.5 Å². The van der Waals surface area contributed by atoms with Crippen LogP contribution in [0.15, 0.2) is 71.9 Å². The first kappa shape index (κ1) is 23.5. The Hall–Kier alpha value is -3.63. The highest BCUT2D eigenvalue weighted by Gasteiger charge is 2.23. The molecule has 4 aromatic rings. The van der Waals surface area contributed by atoms with Crippen molar-refractivity contribution in [2.24, 2.45) is 0 Å². The van der Waals surface area contributed by atoms with E-state index in [9.17, 15) is 22.0 Å². The zero-order chi connectivity index (χ0) is 24.5. The molecule has 0 radical (unpaired) electrons. The molecule has 0 spiro atoms. The number of rotatable bonds is 6. The number of amides is 1. The summed E-state index contributed by atoms with van der Waals surface area (Å²) in [5, 5.41) is 2.77. The highest BCUT2D eigenvalue weighted by atomic mass is 35.5. The molecule has 7 nitrogen and oxygen atoms in total. The number of hydrogen-bond donors (Lipinski definition) is 2. The third kappa shape index (κ3) is 4.82. The van der Waals surface area contributed by atoms with Gasteiger partial charge in [-0.2, -0.15) is 0 Å². The van der Waals surface area contributed by atoms with E-state index in [4.69, 9.17) is 11.6 Å². The van der Waals surface area contributed by atoms with E-state index in [1.54, 1.807) is 6.07 Å². The Morgan fingerprint density at radius 3 is 2.56 bits per heavy atom. The predicted molar refractivity (Wildman–Crippen MR) is 124 cm³/mol.